The molecule has 0 radical (unpaired) electrons. The Labute approximate surface area is 220 Å². The maximum atomic E-state index is 15.1. The van der Waals surface area contributed by atoms with Crippen LogP contribution in [0, 0.1) is 5.82 Å². The van der Waals surface area contributed by atoms with Crippen LogP contribution in [0.5, 0.6) is 0 Å². The van der Waals surface area contributed by atoms with Gasteiger partial charge in [-0.3, -0.25) is 9.59 Å². The van der Waals surface area contributed by atoms with Gasteiger partial charge in [0, 0.05) is 41.7 Å². The van der Waals surface area contributed by atoms with Crippen LogP contribution in [0.4, 0.5) is 4.39 Å². The van der Waals surface area contributed by atoms with Crippen LogP contribution < -0.4 is 5.32 Å². The Kier molecular flexibility index (Phi) is 6.94. The van der Waals surface area contributed by atoms with E-state index in [-0.39, 0.29) is 23.8 Å². The minimum absolute atomic E-state index is 0.00460. The van der Waals surface area contributed by atoms with Gasteiger partial charge in [0.05, 0.1) is 18.9 Å². The Balaban J connectivity index is 1.31. The molecule has 1 aliphatic heterocycles. The molecule has 4 aromatic rings. The second kappa shape index (κ2) is 10.3. The fourth-order valence-corrected chi connectivity index (χ4v) is 4.46. The van der Waals surface area contributed by atoms with E-state index >= 15 is 4.39 Å². The Morgan fingerprint density at radius 3 is 2.47 bits per heavy atom. The lowest BCUT2D eigenvalue weighted by atomic mass is 9.87. The Bertz CT molecular complexity index is 1480. The number of nitrogens with zero attached hydrogens (tertiary/aromatic N) is 3. The molecule has 5 rings (SSSR count). The summed E-state index contributed by atoms with van der Waals surface area (Å²) in [6, 6.07) is 13.9. The van der Waals surface area contributed by atoms with E-state index in [4.69, 9.17) is 4.74 Å². The molecule has 38 heavy (non-hydrogen) atoms. The zero-order valence-electron chi connectivity index (χ0n) is 21.7. The molecule has 1 fully saturated rings. The third kappa shape index (κ3) is 5.28. The first-order chi connectivity index (χ1) is 18.2. The lowest BCUT2D eigenvalue weighted by Gasteiger charge is -2.26. The molecule has 9 heteroatoms. The number of halogens is 1. The molecule has 8 nitrogen and oxygen atoms in total. The van der Waals surface area contributed by atoms with Crippen molar-refractivity contribution < 1.29 is 18.7 Å². The fraction of sp³-hybridized carbons (Fsp3) is 0.310. The first kappa shape index (κ1) is 25.5. The number of aromatic amines is 1. The predicted octanol–water partition coefficient (Wildman–Crippen LogP) is 4.46. The van der Waals surface area contributed by atoms with Gasteiger partial charge in [-0.2, -0.15) is 0 Å². The molecule has 2 amide bonds. The van der Waals surface area contributed by atoms with Crippen molar-refractivity contribution in [1.82, 2.24) is 25.2 Å². The van der Waals surface area contributed by atoms with Gasteiger partial charge in [0.1, 0.15) is 23.5 Å². The van der Waals surface area contributed by atoms with Crippen molar-refractivity contribution in [3.05, 3.63) is 83.1 Å². The number of benzene rings is 2. The zero-order chi connectivity index (χ0) is 26.9. The van der Waals surface area contributed by atoms with Crippen LogP contribution in [0.3, 0.4) is 0 Å². The molecular weight excluding hydrogens is 485 g/mol. The molecule has 2 aromatic carbocycles. The molecule has 2 N–H and O–H groups in total. The van der Waals surface area contributed by atoms with Crippen molar-refractivity contribution in [2.75, 3.05) is 26.3 Å². The number of ether oxygens (including phenoxy) is 1. The van der Waals surface area contributed by atoms with Crippen molar-refractivity contribution in [2.45, 2.75) is 32.7 Å². The first-order valence-electron chi connectivity index (χ1n) is 12.6. The van der Waals surface area contributed by atoms with Gasteiger partial charge in [0.25, 0.3) is 11.8 Å². The molecule has 0 unspecified atom stereocenters. The summed E-state index contributed by atoms with van der Waals surface area (Å²) in [5.74, 6) is -0.864. The van der Waals surface area contributed by atoms with Crippen molar-refractivity contribution in [1.29, 1.82) is 0 Å². The molecule has 196 valence electrons. The summed E-state index contributed by atoms with van der Waals surface area (Å²) in [4.78, 5) is 38.9. The molecule has 2 aromatic heterocycles. The normalized spacial score (nSPS) is 14.1. The number of fused-ring (bicyclic) bond motifs is 1. The smallest absolute Gasteiger partial charge is 0.270 e. The maximum Gasteiger partial charge on any atom is 0.270 e. The third-order valence-electron chi connectivity index (χ3n) is 6.73. The summed E-state index contributed by atoms with van der Waals surface area (Å²) in [7, 11) is 0. The van der Waals surface area contributed by atoms with E-state index in [1.165, 1.54) is 12.4 Å². The monoisotopic (exact) mass is 515 g/mol. The van der Waals surface area contributed by atoms with Crippen molar-refractivity contribution in [3.63, 3.8) is 0 Å². The molecule has 0 aliphatic carbocycles. The van der Waals surface area contributed by atoms with Crippen LogP contribution >= 0.6 is 0 Å². The van der Waals surface area contributed by atoms with E-state index in [0.29, 0.717) is 65.4 Å². The highest BCUT2D eigenvalue weighted by molar-refractivity contribution is 6.00. The van der Waals surface area contributed by atoms with E-state index in [2.05, 4.69) is 41.0 Å². The van der Waals surface area contributed by atoms with Gasteiger partial charge in [-0.1, -0.05) is 45.0 Å². The minimum atomic E-state index is -0.460. The fourth-order valence-electron chi connectivity index (χ4n) is 4.46. The van der Waals surface area contributed by atoms with Crippen LogP contribution in [0.2, 0.25) is 0 Å². The molecule has 0 bridgehead atoms. The average Bonchev–Trinajstić information content (AvgIpc) is 3.36. The topological polar surface area (TPSA) is 100 Å². The molecule has 0 atom stereocenters. The summed E-state index contributed by atoms with van der Waals surface area (Å²) in [6.45, 7) is 8.45. The SMILES string of the molecule is CC(C)(C)c1ccc(C(=O)NCc2ccc(-c3ncnc4[nH]c(C(=O)N5CCOCC5)cc34)cc2F)cc1. The standard InChI is InChI=1S/C29H30FN5O3/c1-29(2,3)21-8-6-18(7-9-21)27(36)31-16-20-5-4-19(14-23(20)30)25-22-15-24(34-26(22)33-17-32-25)28(37)35-10-12-38-13-11-35/h4-9,14-15,17H,10-13,16H2,1-3H3,(H,31,36)(H,32,33,34). The van der Waals surface area contributed by atoms with E-state index < -0.39 is 5.82 Å². The second-order valence-corrected chi connectivity index (χ2v) is 10.4. The summed E-state index contributed by atoms with van der Waals surface area (Å²) < 4.78 is 20.4. The Morgan fingerprint density at radius 2 is 1.79 bits per heavy atom. The van der Waals surface area contributed by atoms with E-state index in [1.54, 1.807) is 35.2 Å². The number of H-pyrrole nitrogens is 1. The lowest BCUT2D eigenvalue weighted by Crippen LogP contribution is -2.40. The van der Waals surface area contributed by atoms with E-state index in [1.807, 2.05) is 12.1 Å². The van der Waals surface area contributed by atoms with Crippen molar-refractivity contribution in [2.24, 2.45) is 0 Å². The quantitative estimate of drug-likeness (QED) is 0.409. The maximum absolute atomic E-state index is 15.1. The third-order valence-corrected chi connectivity index (χ3v) is 6.73. The van der Waals surface area contributed by atoms with Crippen molar-refractivity contribution >= 4 is 22.8 Å². The zero-order valence-corrected chi connectivity index (χ0v) is 21.7. The van der Waals surface area contributed by atoms with Gasteiger partial charge in [-0.05, 0) is 35.2 Å². The number of nitrogens with one attached hydrogen (secondary N) is 2. The van der Waals surface area contributed by atoms with Gasteiger partial charge >= 0.3 is 0 Å². The number of amides is 2. The molecule has 1 saturated heterocycles. The summed E-state index contributed by atoms with van der Waals surface area (Å²) >= 11 is 0. The predicted molar refractivity (Wildman–Crippen MR) is 142 cm³/mol. The number of rotatable bonds is 5. The molecular formula is C29H30FN5O3. The van der Waals surface area contributed by atoms with Crippen LogP contribution in [0.15, 0.2) is 54.9 Å². The van der Waals surface area contributed by atoms with Gasteiger partial charge in [-0.15, -0.1) is 0 Å². The minimum Gasteiger partial charge on any atom is -0.378 e. The molecule has 0 spiro atoms. The van der Waals surface area contributed by atoms with Gasteiger partial charge < -0.3 is 19.9 Å². The summed E-state index contributed by atoms with van der Waals surface area (Å²) in [5, 5.41) is 3.42. The highest BCUT2D eigenvalue weighted by atomic mass is 19.1. The number of aromatic nitrogens is 3. The molecule has 3 heterocycles. The molecule has 0 saturated carbocycles. The van der Waals surface area contributed by atoms with Crippen LogP contribution in [0.1, 0.15) is 52.7 Å². The van der Waals surface area contributed by atoms with E-state index in [9.17, 15) is 9.59 Å². The highest BCUT2D eigenvalue weighted by Gasteiger charge is 2.22. The number of carbonyl (C=O) groups excluding carboxylic acids is 2. The van der Waals surface area contributed by atoms with Crippen LogP contribution in [0.25, 0.3) is 22.3 Å². The van der Waals surface area contributed by atoms with Crippen LogP contribution in [-0.2, 0) is 16.7 Å². The molecule has 1 aliphatic rings. The average molecular weight is 516 g/mol. The number of hydrogen-bond acceptors (Lipinski definition) is 5. The van der Waals surface area contributed by atoms with Gasteiger partial charge in [0.2, 0.25) is 0 Å². The number of hydrogen-bond donors (Lipinski definition) is 2. The van der Waals surface area contributed by atoms with Crippen LogP contribution in [-0.4, -0.2) is 58.0 Å². The Morgan fingerprint density at radius 1 is 1.05 bits per heavy atom. The summed E-state index contributed by atoms with van der Waals surface area (Å²) in [5.41, 5.74) is 3.97. The van der Waals surface area contributed by atoms with Crippen molar-refractivity contribution in [3.8, 4) is 11.3 Å². The number of morpholine rings is 1. The second-order valence-electron chi connectivity index (χ2n) is 10.4. The first-order valence-corrected chi connectivity index (χ1v) is 12.6. The van der Waals surface area contributed by atoms with E-state index in [0.717, 1.165) is 5.56 Å². The number of carbonyl (C=O) groups is 2. The van der Waals surface area contributed by atoms with Gasteiger partial charge in [0.15, 0.2) is 0 Å². The highest BCUT2D eigenvalue weighted by Crippen LogP contribution is 2.28. The van der Waals surface area contributed by atoms with Gasteiger partial charge in [-0.25, -0.2) is 14.4 Å². The largest absolute Gasteiger partial charge is 0.378 e. The Hall–Kier alpha value is -4.11. The lowest BCUT2D eigenvalue weighted by molar-refractivity contribution is 0.0299. The summed E-state index contributed by atoms with van der Waals surface area (Å²) in [6.07, 6.45) is 1.38.